The van der Waals surface area contributed by atoms with E-state index in [4.69, 9.17) is 16.3 Å². The van der Waals surface area contributed by atoms with Crippen LogP contribution >= 0.6 is 11.6 Å². The van der Waals surface area contributed by atoms with Crippen LogP contribution in [-0.2, 0) is 19.6 Å². The maximum atomic E-state index is 13.5. The third-order valence-electron chi connectivity index (χ3n) is 4.32. The second kappa shape index (κ2) is 9.68. The molecule has 1 unspecified atom stereocenters. The van der Waals surface area contributed by atoms with Gasteiger partial charge in [0.05, 0.1) is 30.2 Å². The van der Waals surface area contributed by atoms with Crippen LogP contribution in [0.5, 0.6) is 0 Å². The molecule has 1 saturated heterocycles. The van der Waals surface area contributed by atoms with E-state index in [9.17, 15) is 17.6 Å². The Hall–Kier alpha value is -1.42. The summed E-state index contributed by atoms with van der Waals surface area (Å²) in [6.07, 6.45) is 1.26. The van der Waals surface area contributed by atoms with E-state index in [-0.39, 0.29) is 17.1 Å². The van der Waals surface area contributed by atoms with E-state index >= 15 is 0 Å². The number of hydrogen-bond donors (Lipinski definition) is 1. The molecule has 0 aromatic heterocycles. The molecule has 1 atom stereocenters. The van der Waals surface area contributed by atoms with Gasteiger partial charge in [-0.2, -0.15) is 0 Å². The van der Waals surface area contributed by atoms with Crippen molar-refractivity contribution in [1.29, 1.82) is 0 Å². The predicted octanol–water partition coefficient (Wildman–Crippen LogP) is 1.47. The van der Waals surface area contributed by atoms with E-state index < -0.39 is 27.8 Å². The SMILES string of the molecule is CCC(C(=O)NCCN1CCOCC1)N(c1ccc(F)c(Cl)c1)S(C)(=O)=O. The Bertz CT molecular complexity index is 757. The summed E-state index contributed by atoms with van der Waals surface area (Å²) < 4.78 is 44.4. The Balaban J connectivity index is 2.11. The summed E-state index contributed by atoms with van der Waals surface area (Å²) in [5.74, 6) is -1.06. The van der Waals surface area contributed by atoms with Gasteiger partial charge in [0.15, 0.2) is 0 Å². The molecule has 1 heterocycles. The highest BCUT2D eigenvalue weighted by Crippen LogP contribution is 2.27. The Kier molecular flexibility index (Phi) is 7.84. The minimum atomic E-state index is -3.78. The molecule has 1 aliphatic rings. The first-order valence-corrected chi connectivity index (χ1v) is 11.0. The van der Waals surface area contributed by atoms with E-state index in [0.717, 1.165) is 29.7 Å². The molecule has 0 saturated carbocycles. The molecule has 0 radical (unpaired) electrons. The lowest BCUT2D eigenvalue weighted by Gasteiger charge is -2.31. The number of anilines is 1. The number of benzene rings is 1. The maximum absolute atomic E-state index is 13.5. The second-order valence-corrected chi connectivity index (χ2v) is 8.59. The summed E-state index contributed by atoms with van der Waals surface area (Å²) in [7, 11) is -3.78. The topological polar surface area (TPSA) is 79.0 Å². The summed E-state index contributed by atoms with van der Waals surface area (Å²) in [4.78, 5) is 14.8. The molecular weight excluding hydrogens is 397 g/mol. The normalized spacial score (nSPS) is 16.7. The number of carbonyl (C=O) groups is 1. The Morgan fingerprint density at radius 2 is 2.07 bits per heavy atom. The largest absolute Gasteiger partial charge is 0.379 e. The number of amides is 1. The standard InChI is InChI=1S/C17H25ClFN3O4S/c1-3-16(17(23)20-6-7-21-8-10-26-11-9-21)22(27(2,24)25)13-4-5-15(19)14(18)12-13/h4-5,12,16H,3,6-11H2,1-2H3,(H,20,23). The Labute approximate surface area is 164 Å². The molecule has 1 N–H and O–H groups in total. The second-order valence-electron chi connectivity index (χ2n) is 6.33. The highest BCUT2D eigenvalue weighted by molar-refractivity contribution is 7.92. The molecule has 1 aliphatic heterocycles. The van der Waals surface area contributed by atoms with Crippen LogP contribution in [0, 0.1) is 5.82 Å². The summed E-state index contributed by atoms with van der Waals surface area (Å²) >= 11 is 5.79. The number of ether oxygens (including phenoxy) is 1. The van der Waals surface area contributed by atoms with Crippen LogP contribution in [0.3, 0.4) is 0 Å². The van der Waals surface area contributed by atoms with E-state index in [1.807, 2.05) is 0 Å². The fourth-order valence-electron chi connectivity index (χ4n) is 2.96. The van der Waals surface area contributed by atoms with Crippen LogP contribution in [0.25, 0.3) is 0 Å². The van der Waals surface area contributed by atoms with E-state index in [0.29, 0.717) is 26.3 Å². The average Bonchev–Trinajstić information content (AvgIpc) is 2.62. The molecule has 1 amide bonds. The van der Waals surface area contributed by atoms with Crippen molar-refractivity contribution in [2.24, 2.45) is 0 Å². The number of morpholine rings is 1. The molecule has 2 rings (SSSR count). The predicted molar refractivity (Wildman–Crippen MR) is 103 cm³/mol. The zero-order valence-corrected chi connectivity index (χ0v) is 17.0. The van der Waals surface area contributed by atoms with Gasteiger partial charge < -0.3 is 10.1 Å². The molecule has 27 heavy (non-hydrogen) atoms. The van der Waals surface area contributed by atoms with Crippen molar-refractivity contribution in [3.05, 3.63) is 29.0 Å². The average molecular weight is 422 g/mol. The minimum absolute atomic E-state index is 0.152. The lowest BCUT2D eigenvalue weighted by molar-refractivity contribution is -0.122. The van der Waals surface area contributed by atoms with Gasteiger partial charge in [0.25, 0.3) is 0 Å². The number of hydrogen-bond acceptors (Lipinski definition) is 5. The third kappa shape index (κ3) is 6.03. The summed E-state index contributed by atoms with van der Waals surface area (Å²) in [6, 6.07) is 2.64. The van der Waals surface area contributed by atoms with E-state index in [1.165, 1.54) is 12.1 Å². The lowest BCUT2D eigenvalue weighted by atomic mass is 10.2. The number of rotatable bonds is 8. The highest BCUT2D eigenvalue weighted by Gasteiger charge is 2.31. The fourth-order valence-corrected chi connectivity index (χ4v) is 4.34. The number of carbonyl (C=O) groups excluding carboxylic acids is 1. The highest BCUT2D eigenvalue weighted by atomic mass is 35.5. The van der Waals surface area contributed by atoms with Gasteiger partial charge in [0.1, 0.15) is 11.9 Å². The van der Waals surface area contributed by atoms with Crippen molar-refractivity contribution in [3.8, 4) is 0 Å². The van der Waals surface area contributed by atoms with Gasteiger partial charge in [0.2, 0.25) is 15.9 Å². The minimum Gasteiger partial charge on any atom is -0.379 e. The molecule has 1 aromatic rings. The number of nitrogens with one attached hydrogen (secondary N) is 1. The zero-order valence-electron chi connectivity index (χ0n) is 15.5. The van der Waals surface area contributed by atoms with Crippen molar-refractivity contribution >= 4 is 33.2 Å². The van der Waals surface area contributed by atoms with E-state index in [2.05, 4.69) is 10.2 Å². The fraction of sp³-hybridized carbons (Fsp3) is 0.588. The third-order valence-corrected chi connectivity index (χ3v) is 5.79. The first kappa shape index (κ1) is 21.9. The van der Waals surface area contributed by atoms with E-state index in [1.54, 1.807) is 6.92 Å². The quantitative estimate of drug-likeness (QED) is 0.687. The molecule has 0 aliphatic carbocycles. The van der Waals surface area contributed by atoms with Crippen molar-refractivity contribution in [2.45, 2.75) is 19.4 Å². The van der Waals surface area contributed by atoms with Crippen molar-refractivity contribution in [1.82, 2.24) is 10.2 Å². The molecular formula is C17H25ClFN3O4S. The maximum Gasteiger partial charge on any atom is 0.243 e. The van der Waals surface area contributed by atoms with Gasteiger partial charge in [-0.1, -0.05) is 18.5 Å². The van der Waals surface area contributed by atoms with Crippen molar-refractivity contribution < 1.29 is 22.3 Å². The molecule has 0 spiro atoms. The van der Waals surface area contributed by atoms with Crippen molar-refractivity contribution in [3.63, 3.8) is 0 Å². The van der Waals surface area contributed by atoms with Crippen molar-refractivity contribution in [2.75, 3.05) is 50.0 Å². The summed E-state index contributed by atoms with van der Waals surface area (Å²) in [6.45, 7) is 5.71. The zero-order chi connectivity index (χ0) is 20.0. The van der Waals surface area contributed by atoms with Crippen LogP contribution in [0.15, 0.2) is 18.2 Å². The monoisotopic (exact) mass is 421 g/mol. The van der Waals surface area contributed by atoms with Gasteiger partial charge in [-0.05, 0) is 24.6 Å². The Morgan fingerprint density at radius 1 is 1.41 bits per heavy atom. The van der Waals surface area contributed by atoms with Crippen LogP contribution in [0.1, 0.15) is 13.3 Å². The summed E-state index contributed by atoms with van der Waals surface area (Å²) in [5, 5.41) is 2.59. The van der Waals surface area contributed by atoms with Gasteiger partial charge in [0, 0.05) is 26.2 Å². The number of nitrogens with zero attached hydrogens (tertiary/aromatic N) is 2. The van der Waals surface area contributed by atoms with Gasteiger partial charge >= 0.3 is 0 Å². The first-order valence-electron chi connectivity index (χ1n) is 8.76. The van der Waals surface area contributed by atoms with Gasteiger partial charge in [-0.15, -0.1) is 0 Å². The first-order chi connectivity index (χ1) is 12.7. The van der Waals surface area contributed by atoms with Gasteiger partial charge in [-0.25, -0.2) is 12.8 Å². The van der Waals surface area contributed by atoms with Crippen LogP contribution in [0.2, 0.25) is 5.02 Å². The molecule has 1 fully saturated rings. The van der Waals surface area contributed by atoms with Crippen LogP contribution in [-0.4, -0.2) is 70.9 Å². The van der Waals surface area contributed by atoms with Crippen LogP contribution in [0.4, 0.5) is 10.1 Å². The van der Waals surface area contributed by atoms with Crippen LogP contribution < -0.4 is 9.62 Å². The lowest BCUT2D eigenvalue weighted by Crippen LogP contribution is -2.50. The number of sulfonamides is 1. The molecule has 10 heteroatoms. The smallest absolute Gasteiger partial charge is 0.243 e. The van der Waals surface area contributed by atoms with Gasteiger partial charge in [-0.3, -0.25) is 14.0 Å². The molecule has 0 bridgehead atoms. The summed E-state index contributed by atoms with van der Waals surface area (Å²) in [5.41, 5.74) is 0.152. The molecule has 1 aromatic carbocycles. The Morgan fingerprint density at radius 3 is 2.63 bits per heavy atom. The molecule has 152 valence electrons. The number of halogens is 2. The molecule has 7 nitrogen and oxygen atoms in total.